The standard InChI is InChI=1S/C8H6Cl2N4/c1-14-12-8(11-13-14)6-4-5(9)2-3-7(6)10/h2-4H,1H3. The van der Waals surface area contributed by atoms with E-state index in [1.54, 1.807) is 25.2 Å². The van der Waals surface area contributed by atoms with Crippen molar-refractivity contribution in [1.82, 2.24) is 20.2 Å². The quantitative estimate of drug-likeness (QED) is 0.752. The lowest BCUT2D eigenvalue weighted by Crippen LogP contribution is -1.92. The maximum absolute atomic E-state index is 5.96. The van der Waals surface area contributed by atoms with Crippen LogP contribution in [0.15, 0.2) is 18.2 Å². The highest BCUT2D eigenvalue weighted by Gasteiger charge is 2.09. The van der Waals surface area contributed by atoms with Crippen LogP contribution in [0.2, 0.25) is 10.0 Å². The van der Waals surface area contributed by atoms with Gasteiger partial charge in [-0.25, -0.2) is 0 Å². The average Bonchev–Trinajstić information content (AvgIpc) is 2.56. The van der Waals surface area contributed by atoms with E-state index in [0.717, 1.165) is 0 Å². The molecule has 0 N–H and O–H groups in total. The Morgan fingerprint density at radius 2 is 2.07 bits per heavy atom. The van der Waals surface area contributed by atoms with E-state index in [0.29, 0.717) is 21.4 Å². The summed E-state index contributed by atoms with van der Waals surface area (Å²) in [4.78, 5) is 1.37. The SMILES string of the molecule is Cn1nnc(-c2cc(Cl)ccc2Cl)n1. The Kier molecular flexibility index (Phi) is 2.39. The first-order valence-electron chi connectivity index (χ1n) is 3.86. The molecule has 0 radical (unpaired) electrons. The Labute approximate surface area is 90.4 Å². The third-order valence-electron chi connectivity index (χ3n) is 1.68. The Morgan fingerprint density at radius 3 is 2.71 bits per heavy atom. The third-order valence-corrected chi connectivity index (χ3v) is 2.24. The molecule has 0 fully saturated rings. The number of aryl methyl sites for hydroxylation is 1. The first kappa shape index (κ1) is 9.43. The second kappa shape index (κ2) is 3.55. The number of benzene rings is 1. The molecule has 4 nitrogen and oxygen atoms in total. The van der Waals surface area contributed by atoms with Crippen LogP contribution in [0.5, 0.6) is 0 Å². The van der Waals surface area contributed by atoms with Crippen LogP contribution >= 0.6 is 23.2 Å². The van der Waals surface area contributed by atoms with Crippen molar-refractivity contribution in [2.45, 2.75) is 0 Å². The molecule has 1 heterocycles. The minimum Gasteiger partial charge on any atom is -0.167 e. The first-order chi connectivity index (χ1) is 6.66. The van der Waals surface area contributed by atoms with E-state index in [1.807, 2.05) is 0 Å². The zero-order chi connectivity index (χ0) is 10.1. The van der Waals surface area contributed by atoms with E-state index in [-0.39, 0.29) is 0 Å². The number of hydrogen-bond acceptors (Lipinski definition) is 3. The molecule has 0 saturated heterocycles. The average molecular weight is 229 g/mol. The van der Waals surface area contributed by atoms with Gasteiger partial charge in [0.25, 0.3) is 0 Å². The maximum Gasteiger partial charge on any atom is 0.206 e. The topological polar surface area (TPSA) is 43.6 Å². The van der Waals surface area contributed by atoms with Gasteiger partial charge in [0, 0.05) is 10.6 Å². The fraction of sp³-hybridized carbons (Fsp3) is 0.125. The molecule has 2 rings (SSSR count). The lowest BCUT2D eigenvalue weighted by Gasteiger charge is -1.98. The van der Waals surface area contributed by atoms with Crippen LogP contribution < -0.4 is 0 Å². The summed E-state index contributed by atoms with van der Waals surface area (Å²) in [7, 11) is 1.69. The molecule has 6 heteroatoms. The van der Waals surface area contributed by atoms with E-state index in [2.05, 4.69) is 15.4 Å². The van der Waals surface area contributed by atoms with Crippen molar-refractivity contribution in [3.63, 3.8) is 0 Å². The van der Waals surface area contributed by atoms with E-state index < -0.39 is 0 Å². The van der Waals surface area contributed by atoms with Gasteiger partial charge in [0.1, 0.15) is 0 Å². The molecule has 0 bridgehead atoms. The van der Waals surface area contributed by atoms with Crippen LogP contribution in [-0.2, 0) is 7.05 Å². The van der Waals surface area contributed by atoms with Gasteiger partial charge in [-0.1, -0.05) is 23.2 Å². The first-order valence-corrected chi connectivity index (χ1v) is 4.62. The molecule has 14 heavy (non-hydrogen) atoms. The molecule has 0 unspecified atom stereocenters. The van der Waals surface area contributed by atoms with Gasteiger partial charge in [-0.15, -0.1) is 10.2 Å². The lowest BCUT2D eigenvalue weighted by atomic mass is 10.2. The summed E-state index contributed by atoms with van der Waals surface area (Å²) >= 11 is 11.8. The van der Waals surface area contributed by atoms with Crippen LogP contribution in [0, 0.1) is 0 Å². The number of tetrazole rings is 1. The Morgan fingerprint density at radius 1 is 1.29 bits per heavy atom. The molecule has 1 aromatic carbocycles. The molecule has 0 aliphatic rings. The minimum absolute atomic E-state index is 0.472. The van der Waals surface area contributed by atoms with Crippen LogP contribution in [0.1, 0.15) is 0 Å². The number of halogens is 2. The van der Waals surface area contributed by atoms with Gasteiger partial charge in [-0.3, -0.25) is 0 Å². The second-order valence-electron chi connectivity index (χ2n) is 2.73. The molecule has 2 aromatic rings. The summed E-state index contributed by atoms with van der Waals surface area (Å²) in [6.07, 6.45) is 0. The zero-order valence-corrected chi connectivity index (χ0v) is 8.79. The highest BCUT2D eigenvalue weighted by atomic mass is 35.5. The summed E-state index contributed by atoms with van der Waals surface area (Å²) in [5, 5.41) is 12.8. The van der Waals surface area contributed by atoms with Crippen molar-refractivity contribution in [2.75, 3.05) is 0 Å². The Hall–Kier alpha value is -1.13. The number of aromatic nitrogens is 4. The van der Waals surface area contributed by atoms with Crippen LogP contribution in [0.25, 0.3) is 11.4 Å². The smallest absolute Gasteiger partial charge is 0.167 e. The van der Waals surface area contributed by atoms with Crippen LogP contribution in [0.3, 0.4) is 0 Å². The lowest BCUT2D eigenvalue weighted by molar-refractivity contribution is 0.630. The number of hydrogen-bond donors (Lipinski definition) is 0. The van der Waals surface area contributed by atoms with Crippen LogP contribution in [0.4, 0.5) is 0 Å². The molecule has 0 saturated carbocycles. The van der Waals surface area contributed by atoms with Crippen LogP contribution in [-0.4, -0.2) is 20.2 Å². The molecule has 0 atom stereocenters. The van der Waals surface area contributed by atoms with E-state index in [4.69, 9.17) is 23.2 Å². The van der Waals surface area contributed by atoms with Gasteiger partial charge in [0.2, 0.25) is 5.82 Å². The Balaban J connectivity index is 2.55. The van der Waals surface area contributed by atoms with Crippen molar-refractivity contribution in [3.05, 3.63) is 28.2 Å². The molecule has 0 amide bonds. The van der Waals surface area contributed by atoms with Gasteiger partial charge in [-0.2, -0.15) is 4.80 Å². The number of nitrogens with zero attached hydrogens (tertiary/aromatic N) is 4. The van der Waals surface area contributed by atoms with Gasteiger partial charge >= 0.3 is 0 Å². The summed E-state index contributed by atoms with van der Waals surface area (Å²) < 4.78 is 0. The number of rotatable bonds is 1. The predicted molar refractivity (Wildman–Crippen MR) is 54.3 cm³/mol. The van der Waals surface area contributed by atoms with Gasteiger partial charge in [-0.05, 0) is 23.4 Å². The van der Waals surface area contributed by atoms with E-state index in [1.165, 1.54) is 4.80 Å². The summed E-state index contributed by atoms with van der Waals surface area (Å²) in [6, 6.07) is 5.13. The Bertz CT molecular complexity index is 466. The monoisotopic (exact) mass is 228 g/mol. The zero-order valence-electron chi connectivity index (χ0n) is 7.28. The highest BCUT2D eigenvalue weighted by molar-refractivity contribution is 6.35. The summed E-state index contributed by atoms with van der Waals surface area (Å²) in [5.74, 6) is 0.472. The predicted octanol–water partition coefficient (Wildman–Crippen LogP) is 2.18. The molecule has 0 spiro atoms. The summed E-state index contributed by atoms with van der Waals surface area (Å²) in [6.45, 7) is 0. The minimum atomic E-state index is 0.472. The fourth-order valence-corrected chi connectivity index (χ4v) is 1.43. The molecule has 0 aliphatic heterocycles. The fourth-order valence-electron chi connectivity index (χ4n) is 1.06. The summed E-state index contributed by atoms with van der Waals surface area (Å²) in [5.41, 5.74) is 0.687. The van der Waals surface area contributed by atoms with Crippen molar-refractivity contribution in [1.29, 1.82) is 0 Å². The van der Waals surface area contributed by atoms with Gasteiger partial charge in [0.15, 0.2) is 0 Å². The normalized spacial score (nSPS) is 10.5. The van der Waals surface area contributed by atoms with Crippen molar-refractivity contribution in [2.24, 2.45) is 7.05 Å². The molecular formula is C8H6Cl2N4. The largest absolute Gasteiger partial charge is 0.206 e. The molecule has 1 aromatic heterocycles. The van der Waals surface area contributed by atoms with Gasteiger partial charge in [0.05, 0.1) is 12.1 Å². The van der Waals surface area contributed by atoms with Gasteiger partial charge < -0.3 is 0 Å². The molecule has 0 aliphatic carbocycles. The third kappa shape index (κ3) is 1.71. The van der Waals surface area contributed by atoms with Crippen molar-refractivity contribution < 1.29 is 0 Å². The highest BCUT2D eigenvalue weighted by Crippen LogP contribution is 2.27. The second-order valence-corrected chi connectivity index (χ2v) is 3.57. The van der Waals surface area contributed by atoms with Crippen molar-refractivity contribution in [3.8, 4) is 11.4 Å². The van der Waals surface area contributed by atoms with Crippen molar-refractivity contribution >= 4 is 23.2 Å². The maximum atomic E-state index is 5.96. The van der Waals surface area contributed by atoms with E-state index >= 15 is 0 Å². The molecule has 72 valence electrons. The molecular weight excluding hydrogens is 223 g/mol. The van der Waals surface area contributed by atoms with E-state index in [9.17, 15) is 0 Å².